The van der Waals surface area contributed by atoms with Crippen LogP contribution in [-0.4, -0.2) is 29.6 Å². The molecule has 0 radical (unpaired) electrons. The predicted molar refractivity (Wildman–Crippen MR) is 110 cm³/mol. The van der Waals surface area contributed by atoms with Gasteiger partial charge < -0.3 is 15.0 Å². The quantitative estimate of drug-likeness (QED) is 0.547. The van der Waals surface area contributed by atoms with Crippen LogP contribution in [0.4, 0.5) is 10.1 Å². The van der Waals surface area contributed by atoms with Crippen LogP contribution in [0.25, 0.3) is 0 Å². The zero-order valence-electron chi connectivity index (χ0n) is 16.6. The Hall–Kier alpha value is -3.00. The van der Waals surface area contributed by atoms with Crippen molar-refractivity contribution in [1.29, 1.82) is 5.26 Å². The van der Waals surface area contributed by atoms with Crippen molar-refractivity contribution in [2.45, 2.75) is 36.7 Å². The average Bonchev–Trinajstić information content (AvgIpc) is 2.99. The number of benzene rings is 1. The van der Waals surface area contributed by atoms with Gasteiger partial charge in [0.15, 0.2) is 0 Å². The Balaban J connectivity index is 2.40. The number of nitrogens with zero attached hydrogens (tertiary/aromatic N) is 2. The Morgan fingerprint density at radius 1 is 1.50 bits per heavy atom. The Kier molecular flexibility index (Phi) is 6.82. The molecule has 2 aromatic rings. The number of aromatic nitrogens is 1. The lowest BCUT2D eigenvalue weighted by Gasteiger charge is -2.18. The number of nitrogens with one attached hydrogen (secondary N) is 1. The van der Waals surface area contributed by atoms with Gasteiger partial charge >= 0.3 is 0 Å². The van der Waals surface area contributed by atoms with Gasteiger partial charge in [0.1, 0.15) is 22.5 Å². The largest absolute Gasteiger partial charge is 0.386 e. The predicted octanol–water partition coefficient (Wildman–Crippen LogP) is 2.20. The molecule has 1 heterocycles. The lowest BCUT2D eigenvalue weighted by atomic mass is 9.97. The molecule has 0 bridgehead atoms. The number of carbonyl (C=O) groups is 1. The van der Waals surface area contributed by atoms with Crippen molar-refractivity contribution in [3.63, 3.8) is 0 Å². The SMILES string of the molecule is C=C[C@@](C)(O)CCCc1c(S(N)(=O)=O)cn(C)c1C(=O)Nc1ccc(F)c(C#N)c1. The monoisotopic (exact) mass is 434 g/mol. The molecule has 1 atom stereocenters. The Labute approximate surface area is 174 Å². The van der Waals surface area contributed by atoms with Crippen LogP contribution in [-0.2, 0) is 23.5 Å². The third-order valence-corrected chi connectivity index (χ3v) is 5.63. The number of hydrogen-bond acceptors (Lipinski definition) is 5. The van der Waals surface area contributed by atoms with Gasteiger partial charge in [-0.1, -0.05) is 6.08 Å². The highest BCUT2D eigenvalue weighted by atomic mass is 32.2. The van der Waals surface area contributed by atoms with Crippen molar-refractivity contribution in [3.8, 4) is 6.07 Å². The number of halogens is 1. The molecule has 10 heteroatoms. The minimum absolute atomic E-state index is 0.0557. The van der Waals surface area contributed by atoms with Crippen molar-refractivity contribution in [2.24, 2.45) is 12.2 Å². The highest BCUT2D eigenvalue weighted by Crippen LogP contribution is 2.26. The second-order valence-corrected chi connectivity index (χ2v) is 8.68. The zero-order chi connectivity index (χ0) is 22.7. The summed E-state index contributed by atoms with van der Waals surface area (Å²) in [6.45, 7) is 5.12. The molecule has 160 valence electrons. The van der Waals surface area contributed by atoms with Crippen LogP contribution in [0.2, 0.25) is 0 Å². The molecule has 0 fully saturated rings. The fraction of sp³-hybridized carbons (Fsp3) is 0.300. The molecular weight excluding hydrogens is 411 g/mol. The second-order valence-electron chi connectivity index (χ2n) is 7.15. The van der Waals surface area contributed by atoms with E-state index in [2.05, 4.69) is 11.9 Å². The van der Waals surface area contributed by atoms with E-state index in [-0.39, 0.29) is 33.8 Å². The number of hydrogen-bond donors (Lipinski definition) is 3. The Morgan fingerprint density at radius 3 is 2.73 bits per heavy atom. The summed E-state index contributed by atoms with van der Waals surface area (Å²) in [5.41, 5.74) is -0.936. The molecule has 0 unspecified atom stereocenters. The van der Waals surface area contributed by atoms with Crippen LogP contribution in [0.3, 0.4) is 0 Å². The number of carbonyl (C=O) groups excluding carboxylic acids is 1. The number of aryl methyl sites for hydroxylation is 1. The van der Waals surface area contributed by atoms with E-state index >= 15 is 0 Å². The van der Waals surface area contributed by atoms with Crippen LogP contribution >= 0.6 is 0 Å². The number of anilines is 1. The van der Waals surface area contributed by atoms with E-state index in [1.807, 2.05) is 0 Å². The first-order valence-electron chi connectivity index (χ1n) is 8.97. The maximum Gasteiger partial charge on any atom is 0.272 e. The summed E-state index contributed by atoms with van der Waals surface area (Å²) in [6, 6.07) is 5.20. The van der Waals surface area contributed by atoms with Crippen molar-refractivity contribution < 1.29 is 22.7 Å². The summed E-state index contributed by atoms with van der Waals surface area (Å²) < 4.78 is 38.9. The number of nitriles is 1. The minimum atomic E-state index is -4.11. The first-order chi connectivity index (χ1) is 13.9. The average molecular weight is 434 g/mol. The third-order valence-electron chi connectivity index (χ3n) is 4.66. The molecule has 0 saturated heterocycles. The van der Waals surface area contributed by atoms with Gasteiger partial charge in [-0.15, -0.1) is 6.58 Å². The van der Waals surface area contributed by atoms with Crippen molar-refractivity contribution in [2.75, 3.05) is 5.32 Å². The molecule has 0 aliphatic heterocycles. The fourth-order valence-corrected chi connectivity index (χ4v) is 3.88. The van der Waals surface area contributed by atoms with Crippen LogP contribution in [0.5, 0.6) is 0 Å². The number of primary sulfonamides is 1. The molecular formula is C20H23FN4O4S. The van der Waals surface area contributed by atoms with E-state index in [0.717, 1.165) is 6.07 Å². The fourth-order valence-electron chi connectivity index (χ4n) is 3.04. The molecule has 0 saturated carbocycles. The van der Waals surface area contributed by atoms with Gasteiger partial charge in [0.25, 0.3) is 5.91 Å². The number of rotatable bonds is 8. The molecule has 1 aromatic heterocycles. The minimum Gasteiger partial charge on any atom is -0.386 e. The number of sulfonamides is 1. The maximum absolute atomic E-state index is 13.5. The Morgan fingerprint density at radius 2 is 2.17 bits per heavy atom. The normalized spacial score (nSPS) is 13.3. The van der Waals surface area contributed by atoms with Gasteiger partial charge in [0.05, 0.1) is 11.2 Å². The summed E-state index contributed by atoms with van der Waals surface area (Å²) in [6.07, 6.45) is 3.44. The van der Waals surface area contributed by atoms with E-state index in [0.29, 0.717) is 12.8 Å². The zero-order valence-corrected chi connectivity index (χ0v) is 17.5. The molecule has 0 aliphatic rings. The van der Waals surface area contributed by atoms with E-state index in [4.69, 9.17) is 10.4 Å². The molecule has 1 amide bonds. The summed E-state index contributed by atoms with van der Waals surface area (Å²) in [5.74, 6) is -1.37. The van der Waals surface area contributed by atoms with Crippen LogP contribution in [0.15, 0.2) is 41.9 Å². The number of amides is 1. The summed E-state index contributed by atoms with van der Waals surface area (Å²) in [5, 5.41) is 26.9. The van der Waals surface area contributed by atoms with E-state index < -0.39 is 27.3 Å². The van der Waals surface area contributed by atoms with Gasteiger partial charge in [-0.3, -0.25) is 4.79 Å². The standard InChI is InChI=1S/C20H23FN4O4S/c1-4-20(2,27)9-5-6-15-17(30(23,28)29)12-25(3)18(15)19(26)24-14-7-8-16(21)13(10-14)11-22/h4,7-8,10,12,27H,1,5-6,9H2,2-3H3,(H,24,26)(H2,23,28,29)/t20-/m1/s1. The van der Waals surface area contributed by atoms with Gasteiger partial charge in [0.2, 0.25) is 10.0 Å². The van der Waals surface area contributed by atoms with Gasteiger partial charge in [-0.25, -0.2) is 17.9 Å². The third kappa shape index (κ3) is 5.33. The van der Waals surface area contributed by atoms with Crippen molar-refractivity contribution >= 4 is 21.6 Å². The molecule has 30 heavy (non-hydrogen) atoms. The molecule has 0 spiro atoms. The number of nitrogens with two attached hydrogens (primary N) is 1. The maximum atomic E-state index is 13.5. The lowest BCUT2D eigenvalue weighted by Crippen LogP contribution is -2.21. The van der Waals surface area contributed by atoms with Gasteiger partial charge in [0, 0.05) is 24.5 Å². The second kappa shape index (κ2) is 8.79. The van der Waals surface area contributed by atoms with Gasteiger partial charge in [-0.05, 0) is 44.4 Å². The highest BCUT2D eigenvalue weighted by molar-refractivity contribution is 7.89. The van der Waals surface area contributed by atoms with E-state index in [1.165, 1.54) is 36.0 Å². The van der Waals surface area contributed by atoms with Gasteiger partial charge in [-0.2, -0.15) is 5.26 Å². The van der Waals surface area contributed by atoms with E-state index in [1.54, 1.807) is 13.0 Å². The smallest absolute Gasteiger partial charge is 0.272 e. The van der Waals surface area contributed by atoms with Crippen LogP contribution in [0, 0.1) is 17.1 Å². The molecule has 8 nitrogen and oxygen atoms in total. The lowest BCUT2D eigenvalue weighted by molar-refractivity contribution is 0.0997. The molecule has 4 N–H and O–H groups in total. The molecule has 1 aromatic carbocycles. The molecule has 2 rings (SSSR count). The summed E-state index contributed by atoms with van der Waals surface area (Å²) in [4.78, 5) is 12.7. The van der Waals surface area contributed by atoms with E-state index in [9.17, 15) is 22.7 Å². The summed E-state index contributed by atoms with van der Waals surface area (Å²) >= 11 is 0. The Bertz CT molecular complexity index is 1130. The highest BCUT2D eigenvalue weighted by Gasteiger charge is 2.26. The van der Waals surface area contributed by atoms with Crippen LogP contribution < -0.4 is 10.5 Å². The first-order valence-corrected chi connectivity index (χ1v) is 10.5. The topological polar surface area (TPSA) is 138 Å². The van der Waals surface area contributed by atoms with Crippen molar-refractivity contribution in [1.82, 2.24) is 4.57 Å². The first kappa shape index (κ1) is 23.3. The van der Waals surface area contributed by atoms with Crippen molar-refractivity contribution in [3.05, 3.63) is 59.7 Å². The molecule has 0 aliphatic carbocycles. The summed E-state index contributed by atoms with van der Waals surface area (Å²) in [7, 11) is -2.61. The number of aliphatic hydroxyl groups is 1. The van der Waals surface area contributed by atoms with Crippen LogP contribution in [0.1, 0.15) is 41.4 Å².